The maximum Gasteiger partial charge on any atom is 2.00 e. The van der Waals surface area contributed by atoms with E-state index >= 15 is 0 Å². The molecule has 1 heteroatoms. The molecule has 0 saturated heterocycles. The summed E-state index contributed by atoms with van der Waals surface area (Å²) < 4.78 is 0. The van der Waals surface area contributed by atoms with Crippen LogP contribution >= 0.6 is 0 Å². The van der Waals surface area contributed by atoms with E-state index in [-0.39, 0.29) is 26.2 Å². The summed E-state index contributed by atoms with van der Waals surface area (Å²) in [6.07, 6.45) is 4.87. The molecule has 0 radical (unpaired) electrons. The molecule has 0 nitrogen and oxygen atoms in total. The van der Waals surface area contributed by atoms with Gasteiger partial charge in [-0.3, -0.25) is 0 Å². The van der Waals surface area contributed by atoms with Crippen molar-refractivity contribution in [1.82, 2.24) is 0 Å². The summed E-state index contributed by atoms with van der Waals surface area (Å²) in [6, 6.07) is 26.2. The molecule has 0 bridgehead atoms. The fraction of sp³-hybridized carbons (Fsp3) is 0.250. The third-order valence-electron chi connectivity index (χ3n) is 4.43. The van der Waals surface area contributed by atoms with Crippen molar-refractivity contribution in [3.05, 3.63) is 83.9 Å². The zero-order chi connectivity index (χ0) is 16.8. The van der Waals surface area contributed by atoms with Gasteiger partial charge in [-0.05, 0) is 12.8 Å². The first-order valence-corrected chi connectivity index (χ1v) is 9.09. The number of aryl methyl sites for hydroxylation is 2. The molecule has 0 aliphatic heterocycles. The Balaban J connectivity index is 0.000000173. The molecule has 0 spiro atoms. The Morgan fingerprint density at radius 1 is 0.640 bits per heavy atom. The maximum atomic E-state index is 2.29. The summed E-state index contributed by atoms with van der Waals surface area (Å²) in [4.78, 5) is 0. The minimum absolute atomic E-state index is 0. The van der Waals surface area contributed by atoms with E-state index in [1.165, 1.54) is 58.4 Å². The van der Waals surface area contributed by atoms with Gasteiger partial charge >= 0.3 is 26.2 Å². The molecule has 0 aliphatic carbocycles. The Hall–Kier alpha value is -1.46. The monoisotopic (exact) mass is 404 g/mol. The smallest absolute Gasteiger partial charge is 0.165 e. The van der Waals surface area contributed by atoms with Crippen molar-refractivity contribution in [3.63, 3.8) is 0 Å². The number of hydrogen-bond donors (Lipinski definition) is 0. The van der Waals surface area contributed by atoms with Gasteiger partial charge in [-0.15, -0.1) is 81.2 Å². The number of fused-ring (bicyclic) bond motifs is 2. The predicted octanol–water partition coefficient (Wildman–Crippen LogP) is 7.02. The number of benzene rings is 2. The molecule has 126 valence electrons. The molecule has 0 aliphatic rings. The van der Waals surface area contributed by atoms with Crippen molar-refractivity contribution in [2.75, 3.05) is 0 Å². The SMILES string of the molecule is CCCc1cc2ccccc2[cH-]1.CCCc1cc2ccccc2[cH-]1.[Zr+2]. The van der Waals surface area contributed by atoms with Gasteiger partial charge in [0.15, 0.2) is 0 Å². The molecule has 0 aromatic heterocycles. The molecular weight excluding hydrogens is 379 g/mol. The van der Waals surface area contributed by atoms with E-state index in [9.17, 15) is 0 Å². The van der Waals surface area contributed by atoms with E-state index in [0.717, 1.165) is 0 Å². The molecule has 0 saturated carbocycles. The number of rotatable bonds is 4. The molecule has 4 aromatic carbocycles. The van der Waals surface area contributed by atoms with E-state index in [0.29, 0.717) is 0 Å². The molecule has 0 atom stereocenters. The Bertz CT molecular complexity index is 752. The Labute approximate surface area is 170 Å². The van der Waals surface area contributed by atoms with Crippen molar-refractivity contribution in [3.8, 4) is 0 Å². The molecule has 4 aromatic rings. The normalized spacial score (nSPS) is 10.3. The second-order valence-corrected chi connectivity index (χ2v) is 6.49. The van der Waals surface area contributed by atoms with Crippen LogP contribution in [0.1, 0.15) is 37.8 Å². The van der Waals surface area contributed by atoms with Crippen LogP contribution in [0, 0.1) is 0 Å². The third kappa shape index (κ3) is 5.26. The van der Waals surface area contributed by atoms with Crippen LogP contribution in [0.15, 0.2) is 72.8 Å². The molecule has 0 heterocycles. The van der Waals surface area contributed by atoms with Gasteiger partial charge in [-0.25, -0.2) is 0 Å². The average Bonchev–Trinajstić information content (AvgIpc) is 3.18. The van der Waals surface area contributed by atoms with Crippen LogP contribution in [0.2, 0.25) is 0 Å². The molecule has 0 unspecified atom stereocenters. The minimum atomic E-state index is 0. The van der Waals surface area contributed by atoms with Gasteiger partial charge in [-0.2, -0.15) is 12.1 Å². The summed E-state index contributed by atoms with van der Waals surface area (Å²) in [5.41, 5.74) is 2.94. The van der Waals surface area contributed by atoms with Crippen LogP contribution in [0.3, 0.4) is 0 Å². The maximum absolute atomic E-state index is 2.29. The van der Waals surface area contributed by atoms with E-state index < -0.39 is 0 Å². The second kappa shape index (κ2) is 9.88. The van der Waals surface area contributed by atoms with Gasteiger partial charge in [0.2, 0.25) is 0 Å². The zero-order valence-electron chi connectivity index (χ0n) is 15.3. The first kappa shape index (κ1) is 19.9. The van der Waals surface area contributed by atoms with Crippen molar-refractivity contribution >= 4 is 21.5 Å². The van der Waals surface area contributed by atoms with Crippen molar-refractivity contribution < 1.29 is 26.2 Å². The van der Waals surface area contributed by atoms with Gasteiger partial charge in [-0.1, -0.05) is 38.8 Å². The summed E-state index contributed by atoms with van der Waals surface area (Å²) >= 11 is 0. The second-order valence-electron chi connectivity index (χ2n) is 6.49. The van der Waals surface area contributed by atoms with Gasteiger partial charge in [0.1, 0.15) is 0 Å². The first-order chi connectivity index (χ1) is 11.8. The summed E-state index contributed by atoms with van der Waals surface area (Å²) in [7, 11) is 0. The van der Waals surface area contributed by atoms with Gasteiger partial charge in [0.05, 0.1) is 0 Å². The summed E-state index contributed by atoms with van der Waals surface area (Å²) in [6.45, 7) is 4.44. The minimum Gasteiger partial charge on any atom is -0.165 e. The number of hydrogen-bond acceptors (Lipinski definition) is 0. The van der Waals surface area contributed by atoms with Crippen LogP contribution in [-0.4, -0.2) is 0 Å². The molecule has 25 heavy (non-hydrogen) atoms. The van der Waals surface area contributed by atoms with Gasteiger partial charge < -0.3 is 0 Å². The standard InChI is InChI=1S/2C12H13.Zr/c2*1-2-5-10-8-11-6-3-4-7-12(11)9-10;/h2*3-4,6-9H,2,5H2,1H3;/q2*-1;+2. The molecule has 0 N–H and O–H groups in total. The fourth-order valence-corrected chi connectivity index (χ4v) is 3.30. The Morgan fingerprint density at radius 2 is 1.04 bits per heavy atom. The van der Waals surface area contributed by atoms with Crippen LogP contribution < -0.4 is 0 Å². The van der Waals surface area contributed by atoms with Crippen LogP contribution in [0.5, 0.6) is 0 Å². The third-order valence-corrected chi connectivity index (χ3v) is 4.43. The molecular formula is C24H26Zr. The van der Waals surface area contributed by atoms with Gasteiger partial charge in [0, 0.05) is 0 Å². The topological polar surface area (TPSA) is 0 Å². The van der Waals surface area contributed by atoms with E-state index in [4.69, 9.17) is 0 Å². The van der Waals surface area contributed by atoms with E-state index in [1.807, 2.05) is 0 Å². The fourth-order valence-electron chi connectivity index (χ4n) is 3.30. The largest absolute Gasteiger partial charge is 2.00 e. The van der Waals surface area contributed by atoms with Crippen molar-refractivity contribution in [2.24, 2.45) is 0 Å². The van der Waals surface area contributed by atoms with Crippen molar-refractivity contribution in [1.29, 1.82) is 0 Å². The molecule has 0 fully saturated rings. The average molecular weight is 406 g/mol. The van der Waals surface area contributed by atoms with Crippen LogP contribution in [0.4, 0.5) is 0 Å². The Kier molecular flexibility index (Phi) is 7.85. The zero-order valence-corrected chi connectivity index (χ0v) is 17.7. The Morgan fingerprint density at radius 3 is 1.40 bits per heavy atom. The van der Waals surface area contributed by atoms with E-state index in [1.54, 1.807) is 0 Å². The predicted molar refractivity (Wildman–Crippen MR) is 107 cm³/mol. The summed E-state index contributed by atoms with van der Waals surface area (Å²) in [5, 5.41) is 5.50. The van der Waals surface area contributed by atoms with Crippen molar-refractivity contribution in [2.45, 2.75) is 39.5 Å². The van der Waals surface area contributed by atoms with Crippen LogP contribution in [-0.2, 0) is 39.0 Å². The quantitative estimate of drug-likeness (QED) is 0.320. The van der Waals surface area contributed by atoms with Gasteiger partial charge in [0.25, 0.3) is 0 Å². The first-order valence-electron chi connectivity index (χ1n) is 9.09. The molecule has 0 amide bonds. The van der Waals surface area contributed by atoms with Crippen LogP contribution in [0.25, 0.3) is 21.5 Å². The molecule has 4 rings (SSSR count). The summed E-state index contributed by atoms with van der Waals surface area (Å²) in [5.74, 6) is 0. The van der Waals surface area contributed by atoms with E-state index in [2.05, 4.69) is 86.6 Å².